The SMILES string of the molecule is CCCCCCCCCCCCCCCCCC(=O)N[C@@H](CCC(=O)NCCN)C(=O)NCCN. The second-order valence-electron chi connectivity index (χ2n) is 9.58. The molecule has 35 heavy (non-hydrogen) atoms. The second kappa shape index (κ2) is 25.4. The highest BCUT2D eigenvalue weighted by Crippen LogP contribution is 2.13. The Morgan fingerprint density at radius 1 is 0.600 bits per heavy atom. The lowest BCUT2D eigenvalue weighted by molar-refractivity contribution is -0.129. The normalized spacial score (nSPS) is 11.7. The zero-order valence-corrected chi connectivity index (χ0v) is 22.5. The quantitative estimate of drug-likeness (QED) is 0.122. The predicted molar refractivity (Wildman–Crippen MR) is 145 cm³/mol. The fraction of sp³-hybridized carbons (Fsp3) is 0.889. The van der Waals surface area contributed by atoms with Gasteiger partial charge in [-0.15, -0.1) is 0 Å². The number of hydrogen-bond donors (Lipinski definition) is 5. The van der Waals surface area contributed by atoms with Crippen LogP contribution >= 0.6 is 0 Å². The van der Waals surface area contributed by atoms with Crippen molar-refractivity contribution in [3.05, 3.63) is 0 Å². The number of amides is 3. The second-order valence-corrected chi connectivity index (χ2v) is 9.58. The van der Waals surface area contributed by atoms with Gasteiger partial charge < -0.3 is 27.4 Å². The lowest BCUT2D eigenvalue weighted by Gasteiger charge is -2.18. The Morgan fingerprint density at radius 3 is 1.54 bits per heavy atom. The number of nitrogens with two attached hydrogens (primary N) is 2. The molecule has 0 rings (SSSR count). The lowest BCUT2D eigenvalue weighted by Crippen LogP contribution is -2.48. The molecule has 0 spiro atoms. The van der Waals surface area contributed by atoms with Gasteiger partial charge in [0.2, 0.25) is 17.7 Å². The van der Waals surface area contributed by atoms with Gasteiger partial charge in [0.15, 0.2) is 0 Å². The third-order valence-electron chi connectivity index (χ3n) is 6.23. The minimum absolute atomic E-state index is 0.144. The van der Waals surface area contributed by atoms with Crippen LogP contribution in [-0.2, 0) is 14.4 Å². The molecule has 0 saturated heterocycles. The first-order valence-electron chi connectivity index (χ1n) is 14.3. The summed E-state index contributed by atoms with van der Waals surface area (Å²) in [7, 11) is 0. The molecule has 0 saturated carbocycles. The van der Waals surface area contributed by atoms with Crippen molar-refractivity contribution in [1.82, 2.24) is 16.0 Å². The maximum Gasteiger partial charge on any atom is 0.242 e. The molecule has 0 heterocycles. The Morgan fingerprint density at radius 2 is 1.06 bits per heavy atom. The van der Waals surface area contributed by atoms with Gasteiger partial charge in [0.1, 0.15) is 6.04 Å². The minimum atomic E-state index is -0.728. The van der Waals surface area contributed by atoms with Crippen LogP contribution in [0.3, 0.4) is 0 Å². The molecular weight excluding hydrogens is 442 g/mol. The molecule has 0 aromatic rings. The molecule has 0 aliphatic heterocycles. The van der Waals surface area contributed by atoms with Crippen LogP contribution < -0.4 is 27.4 Å². The number of carbonyl (C=O) groups excluding carboxylic acids is 3. The first kappa shape index (κ1) is 33.3. The van der Waals surface area contributed by atoms with Crippen molar-refractivity contribution >= 4 is 17.7 Å². The van der Waals surface area contributed by atoms with E-state index in [1.165, 1.54) is 77.0 Å². The molecule has 7 N–H and O–H groups in total. The summed E-state index contributed by atoms with van der Waals surface area (Å²) in [6.45, 7) is 3.68. The van der Waals surface area contributed by atoms with Crippen LogP contribution in [0.4, 0.5) is 0 Å². The molecule has 1 atom stereocenters. The standard InChI is InChI=1S/C27H55N5O3/c1-2-3-4-5-6-7-8-9-10-11-12-13-14-15-16-17-26(34)32-24(27(35)31-23-21-29)18-19-25(33)30-22-20-28/h24H,2-23,28-29H2,1H3,(H,30,33)(H,31,35)(H,32,34)/t24-/m0/s1. The summed E-state index contributed by atoms with van der Waals surface area (Å²) < 4.78 is 0. The molecule has 3 amide bonds. The van der Waals surface area contributed by atoms with Gasteiger partial charge in [-0.25, -0.2) is 0 Å². The van der Waals surface area contributed by atoms with E-state index in [-0.39, 0.29) is 30.6 Å². The fourth-order valence-corrected chi connectivity index (χ4v) is 4.09. The van der Waals surface area contributed by atoms with Gasteiger partial charge >= 0.3 is 0 Å². The Kier molecular flexibility index (Phi) is 24.2. The van der Waals surface area contributed by atoms with E-state index in [2.05, 4.69) is 22.9 Å². The molecule has 0 radical (unpaired) electrons. The van der Waals surface area contributed by atoms with Crippen molar-refractivity contribution < 1.29 is 14.4 Å². The number of carbonyl (C=O) groups is 3. The first-order chi connectivity index (χ1) is 17.0. The van der Waals surface area contributed by atoms with Crippen molar-refractivity contribution in [2.24, 2.45) is 11.5 Å². The molecule has 0 aromatic heterocycles. The van der Waals surface area contributed by atoms with Crippen LogP contribution in [0.1, 0.15) is 122 Å². The van der Waals surface area contributed by atoms with Crippen molar-refractivity contribution in [3.63, 3.8) is 0 Å². The summed E-state index contributed by atoms with van der Waals surface area (Å²) in [6, 6.07) is -0.728. The highest BCUT2D eigenvalue weighted by molar-refractivity contribution is 5.88. The molecule has 206 valence electrons. The molecule has 0 aliphatic rings. The molecule has 0 fully saturated rings. The minimum Gasteiger partial charge on any atom is -0.355 e. The maximum absolute atomic E-state index is 12.3. The monoisotopic (exact) mass is 497 g/mol. The van der Waals surface area contributed by atoms with Crippen LogP contribution in [0.15, 0.2) is 0 Å². The zero-order valence-electron chi connectivity index (χ0n) is 22.5. The van der Waals surface area contributed by atoms with Crippen LogP contribution in [0.25, 0.3) is 0 Å². The van der Waals surface area contributed by atoms with Gasteiger partial charge in [-0.05, 0) is 12.8 Å². The summed E-state index contributed by atoms with van der Waals surface area (Å²) in [4.78, 5) is 36.5. The Labute approximate surface area is 214 Å². The summed E-state index contributed by atoms with van der Waals surface area (Å²) in [5, 5.41) is 8.16. The van der Waals surface area contributed by atoms with Gasteiger partial charge in [-0.3, -0.25) is 14.4 Å². The van der Waals surface area contributed by atoms with Gasteiger partial charge in [-0.1, -0.05) is 96.8 Å². The summed E-state index contributed by atoms with van der Waals surface area (Å²) in [5.41, 5.74) is 10.8. The Hall–Kier alpha value is -1.67. The summed E-state index contributed by atoms with van der Waals surface area (Å²) >= 11 is 0. The summed E-state index contributed by atoms with van der Waals surface area (Å²) in [5.74, 6) is -0.620. The van der Waals surface area contributed by atoms with Crippen molar-refractivity contribution in [1.29, 1.82) is 0 Å². The van der Waals surface area contributed by atoms with E-state index in [0.29, 0.717) is 32.6 Å². The average molecular weight is 498 g/mol. The third-order valence-corrected chi connectivity index (χ3v) is 6.23. The molecule has 0 unspecified atom stereocenters. The van der Waals surface area contributed by atoms with Crippen LogP contribution in [0.2, 0.25) is 0 Å². The number of rotatable bonds is 25. The van der Waals surface area contributed by atoms with E-state index >= 15 is 0 Å². The fourth-order valence-electron chi connectivity index (χ4n) is 4.09. The van der Waals surface area contributed by atoms with E-state index in [1.807, 2.05) is 0 Å². The van der Waals surface area contributed by atoms with E-state index in [1.54, 1.807) is 0 Å². The van der Waals surface area contributed by atoms with Gasteiger partial charge in [0.05, 0.1) is 0 Å². The summed E-state index contributed by atoms with van der Waals surface area (Å²) in [6.07, 6.45) is 20.0. The van der Waals surface area contributed by atoms with Crippen LogP contribution in [0.5, 0.6) is 0 Å². The zero-order chi connectivity index (χ0) is 26.0. The number of hydrogen-bond acceptors (Lipinski definition) is 5. The lowest BCUT2D eigenvalue weighted by atomic mass is 10.0. The Balaban J connectivity index is 3.86. The number of unbranched alkanes of at least 4 members (excludes halogenated alkanes) is 14. The third kappa shape index (κ3) is 22.5. The van der Waals surface area contributed by atoms with Gasteiger partial charge in [0, 0.05) is 39.0 Å². The molecule has 0 aromatic carbocycles. The average Bonchev–Trinajstić information content (AvgIpc) is 2.85. The Bertz CT molecular complexity index is 531. The van der Waals surface area contributed by atoms with Crippen LogP contribution in [0, 0.1) is 0 Å². The van der Waals surface area contributed by atoms with Crippen molar-refractivity contribution in [3.8, 4) is 0 Å². The molecule has 0 bridgehead atoms. The highest BCUT2D eigenvalue weighted by Gasteiger charge is 2.21. The molecule has 8 heteroatoms. The highest BCUT2D eigenvalue weighted by atomic mass is 16.2. The van der Waals surface area contributed by atoms with E-state index in [0.717, 1.165) is 19.3 Å². The van der Waals surface area contributed by atoms with Crippen molar-refractivity contribution in [2.45, 2.75) is 129 Å². The van der Waals surface area contributed by atoms with E-state index < -0.39 is 6.04 Å². The maximum atomic E-state index is 12.3. The number of nitrogens with one attached hydrogen (secondary N) is 3. The topological polar surface area (TPSA) is 139 Å². The van der Waals surface area contributed by atoms with Crippen LogP contribution in [-0.4, -0.2) is 49.9 Å². The molecular formula is C27H55N5O3. The van der Waals surface area contributed by atoms with E-state index in [9.17, 15) is 14.4 Å². The molecule has 8 nitrogen and oxygen atoms in total. The molecule has 0 aliphatic carbocycles. The van der Waals surface area contributed by atoms with E-state index in [4.69, 9.17) is 11.5 Å². The van der Waals surface area contributed by atoms with Gasteiger partial charge in [0.25, 0.3) is 0 Å². The first-order valence-corrected chi connectivity index (χ1v) is 14.3. The predicted octanol–water partition coefficient (Wildman–Crippen LogP) is 3.66. The van der Waals surface area contributed by atoms with Gasteiger partial charge in [-0.2, -0.15) is 0 Å². The van der Waals surface area contributed by atoms with Crippen molar-refractivity contribution in [2.75, 3.05) is 26.2 Å². The largest absolute Gasteiger partial charge is 0.355 e. The smallest absolute Gasteiger partial charge is 0.242 e.